The van der Waals surface area contributed by atoms with Gasteiger partial charge in [0, 0.05) is 5.56 Å². The number of amides is 1. The number of carbonyl (C=O) groups is 2. The summed E-state index contributed by atoms with van der Waals surface area (Å²) in [4.78, 5) is 23.7. The molecule has 0 unspecified atom stereocenters. The lowest BCUT2D eigenvalue weighted by Crippen LogP contribution is -2.21. The molecule has 0 bridgehead atoms. The molecule has 0 spiro atoms. The van der Waals surface area contributed by atoms with Crippen LogP contribution in [0.15, 0.2) is 30.3 Å². The van der Waals surface area contributed by atoms with Crippen LogP contribution < -0.4 is 5.73 Å². The Labute approximate surface area is 120 Å². The predicted octanol–water partition coefficient (Wildman–Crippen LogP) is 1.94. The summed E-state index contributed by atoms with van der Waals surface area (Å²) in [5.41, 5.74) is 5.96. The highest BCUT2D eigenvalue weighted by atomic mass is 32.1. The van der Waals surface area contributed by atoms with E-state index in [-0.39, 0.29) is 5.01 Å². The molecule has 1 heterocycles. The molecule has 21 heavy (non-hydrogen) atoms. The van der Waals surface area contributed by atoms with Gasteiger partial charge in [-0.25, -0.2) is 9.78 Å². The van der Waals surface area contributed by atoms with E-state index in [9.17, 15) is 18.0 Å². The summed E-state index contributed by atoms with van der Waals surface area (Å²) in [5, 5.41) is 7.36. The van der Waals surface area contributed by atoms with Gasteiger partial charge in [-0.3, -0.25) is 4.79 Å². The van der Waals surface area contributed by atoms with Crippen LogP contribution in [-0.4, -0.2) is 32.5 Å². The van der Waals surface area contributed by atoms with E-state index in [0.29, 0.717) is 5.82 Å². The zero-order valence-corrected chi connectivity index (χ0v) is 11.0. The molecule has 2 aromatic rings. The zero-order valence-electron chi connectivity index (χ0n) is 10.2. The van der Waals surface area contributed by atoms with Crippen molar-refractivity contribution < 1.29 is 27.9 Å². The number of carboxylic acids is 1. The van der Waals surface area contributed by atoms with Gasteiger partial charge in [0.25, 0.3) is 5.91 Å². The Morgan fingerprint density at radius 3 is 2.10 bits per heavy atom. The Balaban J connectivity index is 0.000000270. The number of aromatic nitrogens is 2. The largest absolute Gasteiger partial charge is 0.490 e. The Morgan fingerprint density at radius 1 is 1.19 bits per heavy atom. The Hall–Kier alpha value is -2.49. The minimum absolute atomic E-state index is 0.240. The van der Waals surface area contributed by atoms with Crippen molar-refractivity contribution in [3.63, 3.8) is 0 Å². The third-order valence-corrected chi connectivity index (χ3v) is 2.64. The third-order valence-electron chi connectivity index (χ3n) is 1.91. The maximum Gasteiger partial charge on any atom is 0.490 e. The standard InChI is InChI=1S/C9H7N3OS.C2HF3O2/c10-7(13)9-11-8(12-14-9)6-4-2-1-3-5-6;3-2(4,5)1(6)7/h1-5H,(H2,10,13);(H,6,7). The van der Waals surface area contributed by atoms with Gasteiger partial charge in [0.2, 0.25) is 5.01 Å². The van der Waals surface area contributed by atoms with Crippen LogP contribution in [0.4, 0.5) is 13.2 Å². The van der Waals surface area contributed by atoms with Gasteiger partial charge >= 0.3 is 12.1 Å². The summed E-state index contributed by atoms with van der Waals surface area (Å²) in [7, 11) is 0. The van der Waals surface area contributed by atoms with Gasteiger partial charge in [0.15, 0.2) is 5.82 Å². The SMILES string of the molecule is NC(=O)c1nc(-c2ccccc2)ns1.O=C(O)C(F)(F)F. The number of carboxylic acid groups (broad SMARTS) is 1. The molecule has 0 aliphatic carbocycles. The first-order chi connectivity index (χ1) is 9.71. The van der Waals surface area contributed by atoms with Crippen LogP contribution in [0.3, 0.4) is 0 Å². The van der Waals surface area contributed by atoms with Crippen molar-refractivity contribution in [2.24, 2.45) is 5.73 Å². The lowest BCUT2D eigenvalue weighted by molar-refractivity contribution is -0.192. The van der Waals surface area contributed by atoms with Crippen LogP contribution in [0.2, 0.25) is 0 Å². The molecule has 6 nitrogen and oxygen atoms in total. The molecule has 0 aliphatic rings. The van der Waals surface area contributed by atoms with E-state index >= 15 is 0 Å². The molecule has 0 saturated carbocycles. The molecule has 3 N–H and O–H groups in total. The average molecular weight is 319 g/mol. The Morgan fingerprint density at radius 2 is 1.71 bits per heavy atom. The van der Waals surface area contributed by atoms with Gasteiger partial charge < -0.3 is 10.8 Å². The fourth-order valence-electron chi connectivity index (χ4n) is 1.03. The first-order valence-corrected chi connectivity index (χ1v) is 5.98. The minimum Gasteiger partial charge on any atom is -0.475 e. The Kier molecular flexibility index (Phi) is 5.36. The number of hydrogen-bond acceptors (Lipinski definition) is 5. The first kappa shape index (κ1) is 16.6. The number of alkyl halides is 3. The Bertz CT molecular complexity index is 628. The van der Waals surface area contributed by atoms with E-state index in [0.717, 1.165) is 17.1 Å². The second kappa shape index (κ2) is 6.79. The molecule has 0 fully saturated rings. The topological polar surface area (TPSA) is 106 Å². The van der Waals surface area contributed by atoms with Crippen LogP contribution in [0.1, 0.15) is 9.80 Å². The minimum atomic E-state index is -5.08. The van der Waals surface area contributed by atoms with Crippen molar-refractivity contribution in [1.29, 1.82) is 0 Å². The number of benzene rings is 1. The van der Waals surface area contributed by atoms with Gasteiger partial charge in [-0.05, 0) is 11.5 Å². The number of aliphatic carboxylic acids is 1. The number of rotatable bonds is 2. The molecule has 1 aromatic carbocycles. The quantitative estimate of drug-likeness (QED) is 0.880. The van der Waals surface area contributed by atoms with Gasteiger partial charge in [-0.2, -0.15) is 17.5 Å². The van der Waals surface area contributed by atoms with Crippen molar-refractivity contribution >= 4 is 23.4 Å². The molecule has 0 radical (unpaired) electrons. The number of carbonyl (C=O) groups excluding carboxylic acids is 1. The average Bonchev–Trinajstić information content (AvgIpc) is 2.89. The van der Waals surface area contributed by atoms with Crippen LogP contribution >= 0.6 is 11.5 Å². The summed E-state index contributed by atoms with van der Waals surface area (Å²) in [6, 6.07) is 9.45. The molecular formula is C11H8F3N3O3S. The van der Waals surface area contributed by atoms with Crippen LogP contribution in [0.5, 0.6) is 0 Å². The molecule has 0 saturated heterocycles. The number of primary amides is 1. The highest BCUT2D eigenvalue weighted by molar-refractivity contribution is 7.07. The predicted molar refractivity (Wildman–Crippen MR) is 67.6 cm³/mol. The van der Waals surface area contributed by atoms with Crippen LogP contribution in [0, 0.1) is 0 Å². The molecule has 0 atom stereocenters. The molecular weight excluding hydrogens is 311 g/mol. The van der Waals surface area contributed by atoms with E-state index in [2.05, 4.69) is 9.36 Å². The second-order valence-electron chi connectivity index (χ2n) is 3.46. The van der Waals surface area contributed by atoms with E-state index < -0.39 is 18.1 Å². The summed E-state index contributed by atoms with van der Waals surface area (Å²) in [6.45, 7) is 0. The van der Waals surface area contributed by atoms with Crippen molar-refractivity contribution in [3.05, 3.63) is 35.3 Å². The number of hydrogen-bond donors (Lipinski definition) is 2. The zero-order chi connectivity index (χ0) is 16.0. The number of nitrogens with zero attached hydrogens (tertiary/aromatic N) is 2. The first-order valence-electron chi connectivity index (χ1n) is 5.21. The highest BCUT2D eigenvalue weighted by Crippen LogP contribution is 2.17. The van der Waals surface area contributed by atoms with E-state index in [4.69, 9.17) is 15.6 Å². The molecule has 112 valence electrons. The lowest BCUT2D eigenvalue weighted by atomic mass is 10.2. The normalized spacial score (nSPS) is 10.4. The van der Waals surface area contributed by atoms with Crippen molar-refractivity contribution in [1.82, 2.24) is 9.36 Å². The van der Waals surface area contributed by atoms with Gasteiger partial charge in [0.05, 0.1) is 0 Å². The van der Waals surface area contributed by atoms with E-state index in [1.54, 1.807) is 0 Å². The molecule has 2 rings (SSSR count). The summed E-state index contributed by atoms with van der Waals surface area (Å²) >= 11 is 1.02. The van der Waals surface area contributed by atoms with Crippen molar-refractivity contribution in [3.8, 4) is 11.4 Å². The van der Waals surface area contributed by atoms with Crippen molar-refractivity contribution in [2.45, 2.75) is 6.18 Å². The van der Waals surface area contributed by atoms with E-state index in [1.807, 2.05) is 30.3 Å². The highest BCUT2D eigenvalue weighted by Gasteiger charge is 2.38. The summed E-state index contributed by atoms with van der Waals surface area (Å²) in [5.74, 6) is -2.75. The smallest absolute Gasteiger partial charge is 0.475 e. The molecule has 0 aliphatic heterocycles. The maximum atomic E-state index is 10.8. The number of halogens is 3. The van der Waals surface area contributed by atoms with Crippen molar-refractivity contribution in [2.75, 3.05) is 0 Å². The monoisotopic (exact) mass is 319 g/mol. The van der Waals surface area contributed by atoms with Gasteiger partial charge in [0.1, 0.15) is 0 Å². The molecule has 10 heteroatoms. The van der Waals surface area contributed by atoms with Gasteiger partial charge in [-0.1, -0.05) is 30.3 Å². The molecule has 1 aromatic heterocycles. The lowest BCUT2D eigenvalue weighted by Gasteiger charge is -1.93. The molecule has 1 amide bonds. The van der Waals surface area contributed by atoms with Gasteiger partial charge in [-0.15, -0.1) is 0 Å². The fraction of sp³-hybridized carbons (Fsp3) is 0.0909. The number of nitrogens with two attached hydrogens (primary N) is 1. The van der Waals surface area contributed by atoms with Crippen LogP contribution in [0.25, 0.3) is 11.4 Å². The second-order valence-corrected chi connectivity index (χ2v) is 4.21. The third kappa shape index (κ3) is 5.18. The summed E-state index contributed by atoms with van der Waals surface area (Å²) < 4.78 is 35.8. The van der Waals surface area contributed by atoms with Crippen LogP contribution in [-0.2, 0) is 4.79 Å². The fourth-order valence-corrected chi connectivity index (χ4v) is 1.56. The van der Waals surface area contributed by atoms with E-state index in [1.165, 1.54) is 0 Å². The summed E-state index contributed by atoms with van der Waals surface area (Å²) in [6.07, 6.45) is -5.08. The maximum absolute atomic E-state index is 10.8.